The highest BCUT2D eigenvalue weighted by Gasteiger charge is 2.28. The summed E-state index contributed by atoms with van der Waals surface area (Å²) in [6, 6.07) is 6.15. The highest BCUT2D eigenvalue weighted by molar-refractivity contribution is 5.92. The van der Waals surface area contributed by atoms with E-state index >= 15 is 0 Å². The summed E-state index contributed by atoms with van der Waals surface area (Å²) < 4.78 is 0. The van der Waals surface area contributed by atoms with Crippen LogP contribution in [0.5, 0.6) is 0 Å². The van der Waals surface area contributed by atoms with Gasteiger partial charge < -0.3 is 26.8 Å². The van der Waals surface area contributed by atoms with E-state index in [0.717, 1.165) is 5.56 Å². The Kier molecular flexibility index (Phi) is 9.10. The quantitative estimate of drug-likeness (QED) is 0.359. The lowest BCUT2D eigenvalue weighted by Gasteiger charge is -2.23. The molecule has 154 valence electrons. The van der Waals surface area contributed by atoms with Gasteiger partial charge in [0.1, 0.15) is 12.1 Å². The third-order valence-electron chi connectivity index (χ3n) is 4.00. The lowest BCUT2D eigenvalue weighted by Crippen LogP contribution is -2.55. The van der Waals surface area contributed by atoms with E-state index in [0.29, 0.717) is 0 Å². The number of benzene rings is 1. The minimum absolute atomic E-state index is 0.171. The summed E-state index contributed by atoms with van der Waals surface area (Å²) in [6.45, 7) is 4.49. The number of nitrogens with one attached hydrogen (secondary N) is 3. The number of nitrogens with two attached hydrogens (primary N) is 1. The van der Waals surface area contributed by atoms with Crippen LogP contribution in [0.4, 0.5) is 0 Å². The molecule has 0 heterocycles. The summed E-state index contributed by atoms with van der Waals surface area (Å²) in [5.41, 5.74) is 6.21. The molecule has 6 N–H and O–H groups in total. The number of hydrogen-bond donors (Lipinski definition) is 5. The van der Waals surface area contributed by atoms with Crippen molar-refractivity contribution in [3.05, 3.63) is 35.9 Å². The molecule has 9 heteroatoms. The van der Waals surface area contributed by atoms with Crippen molar-refractivity contribution in [3.63, 3.8) is 0 Å². The van der Waals surface area contributed by atoms with Crippen LogP contribution in [-0.4, -0.2) is 53.5 Å². The van der Waals surface area contributed by atoms with Crippen molar-refractivity contribution >= 4 is 23.7 Å². The second-order valence-electron chi connectivity index (χ2n) is 6.88. The predicted molar refractivity (Wildman–Crippen MR) is 103 cm³/mol. The van der Waals surface area contributed by atoms with Crippen LogP contribution in [0.3, 0.4) is 0 Å². The van der Waals surface area contributed by atoms with Crippen LogP contribution in [0, 0.1) is 5.92 Å². The van der Waals surface area contributed by atoms with Crippen molar-refractivity contribution < 1.29 is 24.3 Å². The van der Waals surface area contributed by atoms with E-state index in [1.54, 1.807) is 38.1 Å². The molecule has 0 fully saturated rings. The number of amides is 3. The minimum Gasteiger partial charge on any atom is -0.480 e. The van der Waals surface area contributed by atoms with E-state index < -0.39 is 41.8 Å². The summed E-state index contributed by atoms with van der Waals surface area (Å²) in [7, 11) is 0. The van der Waals surface area contributed by atoms with E-state index in [1.165, 1.54) is 6.92 Å². The smallest absolute Gasteiger partial charge is 0.326 e. The molecule has 0 aliphatic rings. The monoisotopic (exact) mass is 392 g/mol. The fourth-order valence-electron chi connectivity index (χ4n) is 2.40. The fraction of sp³-hybridized carbons (Fsp3) is 0.474. The number of aliphatic carboxylic acids is 1. The van der Waals surface area contributed by atoms with Gasteiger partial charge in [-0.15, -0.1) is 0 Å². The van der Waals surface area contributed by atoms with Crippen LogP contribution in [0.25, 0.3) is 0 Å². The molecule has 0 radical (unpaired) electrons. The zero-order valence-electron chi connectivity index (χ0n) is 16.3. The van der Waals surface area contributed by atoms with E-state index in [9.17, 15) is 24.3 Å². The van der Waals surface area contributed by atoms with Gasteiger partial charge in [-0.1, -0.05) is 44.2 Å². The Morgan fingerprint density at radius 1 is 1.00 bits per heavy atom. The average Bonchev–Trinajstić information content (AvgIpc) is 2.63. The van der Waals surface area contributed by atoms with Crippen molar-refractivity contribution in [1.29, 1.82) is 0 Å². The summed E-state index contributed by atoms with van der Waals surface area (Å²) in [6.07, 6.45) is 0.171. The van der Waals surface area contributed by atoms with Gasteiger partial charge >= 0.3 is 5.97 Å². The van der Waals surface area contributed by atoms with E-state index in [4.69, 9.17) is 5.73 Å². The number of carbonyl (C=O) groups is 4. The van der Waals surface area contributed by atoms with Crippen LogP contribution < -0.4 is 21.7 Å². The van der Waals surface area contributed by atoms with E-state index in [2.05, 4.69) is 16.0 Å². The zero-order valence-corrected chi connectivity index (χ0v) is 16.3. The minimum atomic E-state index is -1.16. The van der Waals surface area contributed by atoms with Crippen molar-refractivity contribution in [3.8, 4) is 0 Å². The molecule has 3 unspecified atom stereocenters. The third kappa shape index (κ3) is 7.75. The van der Waals surface area contributed by atoms with Crippen molar-refractivity contribution in [2.75, 3.05) is 6.54 Å². The molecule has 28 heavy (non-hydrogen) atoms. The topological polar surface area (TPSA) is 151 Å². The Morgan fingerprint density at radius 2 is 1.61 bits per heavy atom. The van der Waals surface area contributed by atoms with Crippen LogP contribution in [0.2, 0.25) is 0 Å². The number of carboxylic acids is 1. The Morgan fingerprint density at radius 3 is 2.11 bits per heavy atom. The molecular formula is C19H28N4O5. The molecule has 3 atom stereocenters. The molecule has 0 bridgehead atoms. The maximum atomic E-state index is 12.7. The summed E-state index contributed by atoms with van der Waals surface area (Å²) in [5, 5.41) is 16.7. The van der Waals surface area contributed by atoms with Gasteiger partial charge in [0.05, 0.1) is 12.6 Å². The standard InChI is InChI=1S/C19H28N4O5/c1-11(2)16(19(27)28)23-18(26)14(9-13-7-5-4-6-8-13)22-15(24)10-21-17(25)12(3)20/h4-8,11-12,14,16H,9-10,20H2,1-3H3,(H,21,25)(H,22,24)(H,23,26)(H,27,28). The highest BCUT2D eigenvalue weighted by Crippen LogP contribution is 2.06. The van der Waals surface area contributed by atoms with Crippen molar-refractivity contribution in [2.45, 2.75) is 45.3 Å². The second kappa shape index (κ2) is 11.0. The maximum absolute atomic E-state index is 12.7. The fourth-order valence-corrected chi connectivity index (χ4v) is 2.40. The van der Waals surface area contributed by atoms with Gasteiger partial charge in [-0.25, -0.2) is 4.79 Å². The Bertz CT molecular complexity index is 691. The maximum Gasteiger partial charge on any atom is 0.326 e. The first kappa shape index (κ1) is 23.1. The van der Waals surface area contributed by atoms with E-state index in [1.807, 2.05) is 6.07 Å². The van der Waals surface area contributed by atoms with Crippen LogP contribution in [0.1, 0.15) is 26.3 Å². The lowest BCUT2D eigenvalue weighted by atomic mass is 10.0. The largest absolute Gasteiger partial charge is 0.480 e. The van der Waals surface area contributed by atoms with Crippen LogP contribution in [-0.2, 0) is 25.6 Å². The average molecular weight is 392 g/mol. The first-order valence-electron chi connectivity index (χ1n) is 9.01. The summed E-state index contributed by atoms with van der Waals surface area (Å²) in [4.78, 5) is 47.7. The van der Waals surface area contributed by atoms with Gasteiger partial charge in [0.15, 0.2) is 0 Å². The number of rotatable bonds is 10. The summed E-state index contributed by atoms with van der Waals surface area (Å²) >= 11 is 0. The van der Waals surface area contributed by atoms with Gasteiger partial charge in [0.25, 0.3) is 0 Å². The van der Waals surface area contributed by atoms with Gasteiger partial charge in [0, 0.05) is 6.42 Å². The third-order valence-corrected chi connectivity index (χ3v) is 4.00. The SMILES string of the molecule is CC(N)C(=O)NCC(=O)NC(Cc1ccccc1)C(=O)NC(C(=O)O)C(C)C. The van der Waals surface area contributed by atoms with Gasteiger partial charge in [0.2, 0.25) is 17.7 Å². The van der Waals surface area contributed by atoms with Gasteiger partial charge in [-0.2, -0.15) is 0 Å². The molecule has 0 saturated carbocycles. The predicted octanol–water partition coefficient (Wildman–Crippen LogP) is -0.597. The normalized spacial score (nSPS) is 13.9. The molecule has 9 nitrogen and oxygen atoms in total. The molecule has 0 aromatic heterocycles. The molecule has 0 aliphatic heterocycles. The molecule has 1 rings (SSSR count). The Labute approximate surface area is 164 Å². The molecule has 0 saturated heterocycles. The van der Waals surface area contributed by atoms with Crippen LogP contribution in [0.15, 0.2) is 30.3 Å². The Hall–Kier alpha value is -2.94. The zero-order chi connectivity index (χ0) is 21.3. The highest BCUT2D eigenvalue weighted by atomic mass is 16.4. The molecule has 0 aliphatic carbocycles. The van der Waals surface area contributed by atoms with Crippen molar-refractivity contribution in [1.82, 2.24) is 16.0 Å². The first-order chi connectivity index (χ1) is 13.1. The van der Waals surface area contributed by atoms with Crippen molar-refractivity contribution in [2.24, 2.45) is 11.7 Å². The molecule has 3 amide bonds. The first-order valence-corrected chi connectivity index (χ1v) is 9.01. The number of hydrogen-bond acceptors (Lipinski definition) is 5. The molecule has 0 spiro atoms. The number of carboxylic acid groups (broad SMARTS) is 1. The molecular weight excluding hydrogens is 364 g/mol. The molecule has 1 aromatic rings. The Balaban J connectivity index is 2.86. The lowest BCUT2D eigenvalue weighted by molar-refractivity contribution is -0.143. The summed E-state index contributed by atoms with van der Waals surface area (Å²) in [5.74, 6) is -3.18. The van der Waals surface area contributed by atoms with Gasteiger partial charge in [-0.05, 0) is 18.4 Å². The second-order valence-corrected chi connectivity index (χ2v) is 6.88. The van der Waals surface area contributed by atoms with E-state index in [-0.39, 0.29) is 18.9 Å². The van der Waals surface area contributed by atoms with Gasteiger partial charge in [-0.3, -0.25) is 14.4 Å². The van der Waals surface area contributed by atoms with Crippen LogP contribution >= 0.6 is 0 Å². The molecule has 1 aromatic carbocycles. The number of carbonyl (C=O) groups excluding carboxylic acids is 3.